The van der Waals surface area contributed by atoms with Crippen molar-refractivity contribution in [3.63, 3.8) is 0 Å². The van der Waals surface area contributed by atoms with E-state index in [9.17, 15) is 22.9 Å². The van der Waals surface area contributed by atoms with Crippen molar-refractivity contribution in [1.82, 2.24) is 0 Å². The highest BCUT2D eigenvalue weighted by molar-refractivity contribution is 7.92. The smallest absolute Gasteiger partial charge is 0.272 e. The van der Waals surface area contributed by atoms with Crippen LogP contribution < -0.4 is 4.72 Å². The van der Waals surface area contributed by atoms with Gasteiger partial charge in [0.25, 0.3) is 5.69 Å². The van der Waals surface area contributed by atoms with E-state index in [2.05, 4.69) is 0 Å². The third kappa shape index (κ3) is 4.64. The molecule has 0 aliphatic carbocycles. The number of nitro benzene ring substituents is 1. The van der Waals surface area contributed by atoms with E-state index in [4.69, 9.17) is 11.6 Å². The molecule has 1 atom stereocenters. The number of anilines is 1. The molecule has 0 radical (unpaired) electrons. The van der Waals surface area contributed by atoms with Crippen molar-refractivity contribution in [2.45, 2.75) is 6.92 Å². The summed E-state index contributed by atoms with van der Waals surface area (Å²) in [6.07, 6.45) is 0. The van der Waals surface area contributed by atoms with Gasteiger partial charge in [-0.1, -0.05) is 6.92 Å². The highest BCUT2D eigenvalue weighted by atomic mass is 35.5. The number of halogens is 2. The quantitative estimate of drug-likeness (QED) is 0.496. The van der Waals surface area contributed by atoms with E-state index in [0.717, 1.165) is 12.1 Å². The van der Waals surface area contributed by atoms with Gasteiger partial charge in [-0.15, -0.1) is 11.6 Å². The first-order valence-electron chi connectivity index (χ1n) is 5.25. The van der Waals surface area contributed by atoms with Gasteiger partial charge >= 0.3 is 0 Å². The summed E-state index contributed by atoms with van der Waals surface area (Å²) in [5.74, 6) is -1.40. The van der Waals surface area contributed by atoms with Crippen LogP contribution in [0.4, 0.5) is 15.8 Å². The maximum absolute atomic E-state index is 13.5. The number of hydrogen-bond acceptors (Lipinski definition) is 4. The fourth-order valence-corrected chi connectivity index (χ4v) is 3.02. The molecule has 0 fully saturated rings. The molecule has 0 bridgehead atoms. The van der Waals surface area contributed by atoms with Crippen LogP contribution in [0, 0.1) is 21.8 Å². The van der Waals surface area contributed by atoms with E-state index < -0.39 is 26.5 Å². The maximum Gasteiger partial charge on any atom is 0.272 e. The van der Waals surface area contributed by atoms with Gasteiger partial charge in [0.2, 0.25) is 10.0 Å². The van der Waals surface area contributed by atoms with Crippen LogP contribution in [0.15, 0.2) is 18.2 Å². The molecule has 1 aromatic carbocycles. The van der Waals surface area contributed by atoms with Crippen molar-refractivity contribution in [2.75, 3.05) is 16.4 Å². The third-order valence-electron chi connectivity index (χ3n) is 2.20. The number of nitrogens with zero attached hydrogens (tertiary/aromatic N) is 1. The molecule has 1 N–H and O–H groups in total. The second-order valence-electron chi connectivity index (χ2n) is 4.06. The number of nitrogens with one attached hydrogen (secondary N) is 1. The Kier molecular flexibility index (Phi) is 5.07. The van der Waals surface area contributed by atoms with Crippen LogP contribution in [-0.4, -0.2) is 25.0 Å². The van der Waals surface area contributed by atoms with Gasteiger partial charge in [0.05, 0.1) is 22.4 Å². The number of nitro groups is 1. The normalized spacial score (nSPS) is 13.0. The number of benzene rings is 1. The molecule has 106 valence electrons. The molecule has 0 spiro atoms. The molecular formula is C10H12ClFN2O4S. The second-order valence-corrected chi connectivity index (χ2v) is 6.14. The fraction of sp³-hybridized carbons (Fsp3) is 0.400. The van der Waals surface area contributed by atoms with Crippen LogP contribution in [0.3, 0.4) is 0 Å². The van der Waals surface area contributed by atoms with E-state index in [1.165, 1.54) is 0 Å². The second kappa shape index (κ2) is 6.16. The lowest BCUT2D eigenvalue weighted by Gasteiger charge is -2.11. The van der Waals surface area contributed by atoms with Gasteiger partial charge in [-0.2, -0.15) is 0 Å². The zero-order valence-corrected chi connectivity index (χ0v) is 11.5. The highest BCUT2D eigenvalue weighted by Gasteiger charge is 2.18. The predicted octanol–water partition coefficient (Wildman–Crippen LogP) is 2.35. The molecule has 0 aromatic heterocycles. The Labute approximate surface area is 114 Å². The predicted molar refractivity (Wildman–Crippen MR) is 70.3 cm³/mol. The van der Waals surface area contributed by atoms with E-state index in [1.54, 1.807) is 6.92 Å². The average Bonchev–Trinajstić information content (AvgIpc) is 2.30. The molecule has 1 rings (SSSR count). The van der Waals surface area contributed by atoms with Gasteiger partial charge in [-0.25, -0.2) is 12.8 Å². The first kappa shape index (κ1) is 15.6. The number of non-ortho nitro benzene ring substituents is 1. The summed E-state index contributed by atoms with van der Waals surface area (Å²) in [7, 11) is -3.75. The Morgan fingerprint density at radius 1 is 1.53 bits per heavy atom. The Morgan fingerprint density at radius 3 is 2.63 bits per heavy atom. The van der Waals surface area contributed by atoms with Gasteiger partial charge in [-0.05, 0) is 12.0 Å². The summed E-state index contributed by atoms with van der Waals surface area (Å²) in [5, 5.41) is 10.4. The van der Waals surface area contributed by atoms with Crippen LogP contribution in [-0.2, 0) is 10.0 Å². The molecule has 6 nitrogen and oxygen atoms in total. The van der Waals surface area contributed by atoms with Gasteiger partial charge in [0.1, 0.15) is 0 Å². The molecule has 0 heterocycles. The van der Waals surface area contributed by atoms with Crippen molar-refractivity contribution >= 4 is 33.0 Å². The molecule has 0 amide bonds. The Morgan fingerprint density at radius 2 is 2.16 bits per heavy atom. The molecule has 9 heteroatoms. The van der Waals surface area contributed by atoms with Crippen LogP contribution in [0.1, 0.15) is 6.92 Å². The van der Waals surface area contributed by atoms with E-state index in [-0.39, 0.29) is 23.2 Å². The lowest BCUT2D eigenvalue weighted by molar-refractivity contribution is -0.385. The van der Waals surface area contributed by atoms with Crippen molar-refractivity contribution in [3.05, 3.63) is 34.1 Å². The van der Waals surface area contributed by atoms with Gasteiger partial charge in [0, 0.05) is 11.9 Å². The number of alkyl halides is 1. The summed E-state index contributed by atoms with van der Waals surface area (Å²) >= 11 is 5.51. The topological polar surface area (TPSA) is 89.3 Å². The van der Waals surface area contributed by atoms with Gasteiger partial charge < -0.3 is 0 Å². The van der Waals surface area contributed by atoms with Crippen molar-refractivity contribution in [3.8, 4) is 0 Å². The summed E-state index contributed by atoms with van der Waals surface area (Å²) in [4.78, 5) is 9.65. The van der Waals surface area contributed by atoms with Crippen LogP contribution in [0.2, 0.25) is 0 Å². The highest BCUT2D eigenvalue weighted by Crippen LogP contribution is 2.21. The van der Waals surface area contributed by atoms with Crippen LogP contribution in [0.25, 0.3) is 0 Å². The minimum Gasteiger partial charge on any atom is -0.281 e. The Hall–Kier alpha value is -1.41. The van der Waals surface area contributed by atoms with E-state index >= 15 is 0 Å². The van der Waals surface area contributed by atoms with Crippen molar-refractivity contribution in [1.29, 1.82) is 0 Å². The standard InChI is InChI=1S/C10H12ClFN2O4S/c1-7(5-11)6-19(17,18)13-10-3-2-8(14(15)16)4-9(10)12/h2-4,7,13H,5-6H2,1H3. The minimum absolute atomic E-state index is 0.156. The summed E-state index contributed by atoms with van der Waals surface area (Å²) in [5.41, 5.74) is -0.776. The largest absolute Gasteiger partial charge is 0.281 e. The molecule has 0 saturated heterocycles. The molecule has 1 aromatic rings. The third-order valence-corrected chi connectivity index (χ3v) is 4.26. The first-order chi connectivity index (χ1) is 8.75. The zero-order valence-electron chi connectivity index (χ0n) is 9.97. The fourth-order valence-electron chi connectivity index (χ4n) is 1.33. The minimum atomic E-state index is -3.75. The number of rotatable bonds is 6. The SMILES string of the molecule is CC(CCl)CS(=O)(=O)Nc1ccc([N+](=O)[O-])cc1F. The van der Waals surface area contributed by atoms with E-state index in [1.807, 2.05) is 4.72 Å². The maximum atomic E-state index is 13.5. The van der Waals surface area contributed by atoms with E-state index in [0.29, 0.717) is 6.07 Å². The average molecular weight is 311 g/mol. The summed E-state index contributed by atoms with van der Waals surface area (Å²) < 4.78 is 38.9. The Bertz CT molecular complexity index is 579. The summed E-state index contributed by atoms with van der Waals surface area (Å²) in [6, 6.07) is 2.69. The lowest BCUT2D eigenvalue weighted by atomic mass is 10.3. The number of sulfonamides is 1. The van der Waals surface area contributed by atoms with Crippen LogP contribution in [0.5, 0.6) is 0 Å². The first-order valence-corrected chi connectivity index (χ1v) is 7.44. The number of hydrogen-bond donors (Lipinski definition) is 1. The monoisotopic (exact) mass is 310 g/mol. The lowest BCUT2D eigenvalue weighted by Crippen LogP contribution is -2.22. The molecule has 0 aliphatic heterocycles. The molecule has 1 unspecified atom stereocenters. The molecule has 0 aliphatic rings. The Balaban J connectivity index is 2.91. The molecular weight excluding hydrogens is 299 g/mol. The summed E-state index contributed by atoms with van der Waals surface area (Å²) in [6.45, 7) is 1.64. The van der Waals surface area contributed by atoms with Gasteiger partial charge in [-0.3, -0.25) is 14.8 Å². The molecule has 0 saturated carbocycles. The van der Waals surface area contributed by atoms with Crippen LogP contribution >= 0.6 is 11.6 Å². The van der Waals surface area contributed by atoms with Crippen molar-refractivity contribution in [2.24, 2.45) is 5.92 Å². The molecule has 19 heavy (non-hydrogen) atoms. The van der Waals surface area contributed by atoms with Gasteiger partial charge in [0.15, 0.2) is 5.82 Å². The zero-order chi connectivity index (χ0) is 14.6. The van der Waals surface area contributed by atoms with Crippen molar-refractivity contribution < 1.29 is 17.7 Å².